The molecule has 1 aromatic heterocycles. The lowest BCUT2D eigenvalue weighted by Crippen LogP contribution is -2.44. The number of rotatable bonds is 4. The fourth-order valence-corrected chi connectivity index (χ4v) is 4.78. The van der Waals surface area contributed by atoms with Crippen LogP contribution in [0.4, 0.5) is 10.8 Å². The molecule has 2 aromatic rings. The highest BCUT2D eigenvalue weighted by Gasteiger charge is 2.38. The first-order valence-electron chi connectivity index (χ1n) is 10.3. The van der Waals surface area contributed by atoms with E-state index in [0.717, 1.165) is 16.9 Å². The van der Waals surface area contributed by atoms with Gasteiger partial charge >= 0.3 is 0 Å². The number of nitrogens with one attached hydrogen (secondary N) is 1. The van der Waals surface area contributed by atoms with E-state index in [1.54, 1.807) is 4.90 Å². The van der Waals surface area contributed by atoms with Crippen molar-refractivity contribution >= 4 is 39.9 Å². The number of piperidine rings is 1. The molecule has 158 valence electrons. The Balaban J connectivity index is 1.30. The van der Waals surface area contributed by atoms with Gasteiger partial charge < -0.3 is 15.1 Å². The number of amides is 3. The van der Waals surface area contributed by atoms with E-state index in [1.807, 2.05) is 48.4 Å². The highest BCUT2D eigenvalue weighted by Crippen LogP contribution is 2.28. The van der Waals surface area contributed by atoms with Crippen molar-refractivity contribution < 1.29 is 14.4 Å². The van der Waals surface area contributed by atoms with E-state index in [4.69, 9.17) is 0 Å². The molecule has 2 aliphatic heterocycles. The summed E-state index contributed by atoms with van der Waals surface area (Å²) >= 11 is 1.42. The van der Waals surface area contributed by atoms with Crippen molar-refractivity contribution in [2.75, 3.05) is 29.9 Å². The summed E-state index contributed by atoms with van der Waals surface area (Å²) in [5.74, 6) is -0.453. The molecule has 2 saturated heterocycles. The van der Waals surface area contributed by atoms with Gasteiger partial charge in [0.1, 0.15) is 0 Å². The molecule has 0 spiro atoms. The minimum atomic E-state index is -0.317. The largest absolute Gasteiger partial charge is 0.342 e. The Kier molecular flexibility index (Phi) is 5.85. The van der Waals surface area contributed by atoms with Gasteiger partial charge in [0.15, 0.2) is 5.13 Å². The van der Waals surface area contributed by atoms with Crippen molar-refractivity contribution in [2.24, 2.45) is 11.8 Å². The summed E-state index contributed by atoms with van der Waals surface area (Å²) in [7, 11) is 0. The molecule has 1 N–H and O–H groups in total. The lowest BCUT2D eigenvalue weighted by Gasteiger charge is -2.32. The molecule has 3 heterocycles. The Labute approximate surface area is 180 Å². The Morgan fingerprint density at radius 3 is 2.43 bits per heavy atom. The van der Waals surface area contributed by atoms with E-state index in [2.05, 4.69) is 10.3 Å². The average Bonchev–Trinajstić information content (AvgIpc) is 3.33. The molecule has 0 saturated carbocycles. The quantitative estimate of drug-likeness (QED) is 0.815. The summed E-state index contributed by atoms with van der Waals surface area (Å²) in [6.07, 6.45) is 1.51. The number of anilines is 2. The number of carbonyl (C=O) groups excluding carboxylic acids is 3. The van der Waals surface area contributed by atoms with Gasteiger partial charge in [0.05, 0.1) is 11.6 Å². The van der Waals surface area contributed by atoms with E-state index >= 15 is 0 Å². The lowest BCUT2D eigenvalue weighted by atomic mass is 9.94. The molecule has 0 unspecified atom stereocenters. The van der Waals surface area contributed by atoms with Crippen molar-refractivity contribution in [2.45, 2.75) is 33.1 Å². The normalized spacial score (nSPS) is 19.9. The van der Waals surface area contributed by atoms with E-state index in [-0.39, 0.29) is 36.0 Å². The first kappa shape index (κ1) is 20.5. The molecular formula is C22H26N4O3S. The van der Waals surface area contributed by atoms with Crippen molar-refractivity contribution in [1.82, 2.24) is 9.88 Å². The van der Waals surface area contributed by atoms with Gasteiger partial charge in [-0.1, -0.05) is 17.7 Å². The number of hydrogen-bond acceptors (Lipinski definition) is 5. The van der Waals surface area contributed by atoms with Gasteiger partial charge in [-0.25, -0.2) is 4.98 Å². The van der Waals surface area contributed by atoms with Crippen LogP contribution in [0.2, 0.25) is 0 Å². The second-order valence-electron chi connectivity index (χ2n) is 8.12. The van der Waals surface area contributed by atoms with Gasteiger partial charge in [-0.05, 0) is 38.8 Å². The molecule has 7 nitrogen and oxygen atoms in total. The molecule has 2 aliphatic rings. The van der Waals surface area contributed by atoms with Gasteiger partial charge in [-0.3, -0.25) is 14.4 Å². The van der Waals surface area contributed by atoms with Crippen LogP contribution in [0.1, 0.15) is 30.5 Å². The van der Waals surface area contributed by atoms with Crippen LogP contribution >= 0.6 is 11.3 Å². The fraction of sp³-hybridized carbons (Fsp3) is 0.455. The number of aryl methyl sites for hydroxylation is 2. The molecule has 8 heteroatoms. The predicted molar refractivity (Wildman–Crippen MR) is 116 cm³/mol. The van der Waals surface area contributed by atoms with E-state index < -0.39 is 0 Å². The maximum atomic E-state index is 13.0. The van der Waals surface area contributed by atoms with Gasteiger partial charge in [0.25, 0.3) is 0 Å². The van der Waals surface area contributed by atoms with Crippen LogP contribution < -0.4 is 10.2 Å². The topological polar surface area (TPSA) is 82.6 Å². The molecule has 2 fully saturated rings. The predicted octanol–water partition coefficient (Wildman–Crippen LogP) is 2.99. The Bertz CT molecular complexity index is 948. The maximum Gasteiger partial charge on any atom is 0.229 e. The van der Waals surface area contributed by atoms with Crippen LogP contribution in [0.5, 0.6) is 0 Å². The number of carbonyl (C=O) groups is 3. The van der Waals surface area contributed by atoms with Crippen molar-refractivity contribution in [3.8, 4) is 0 Å². The monoisotopic (exact) mass is 426 g/mol. The fourth-order valence-electron chi connectivity index (χ4n) is 4.09. The number of likely N-dealkylation sites (tertiary alicyclic amines) is 1. The van der Waals surface area contributed by atoms with Crippen LogP contribution in [0.15, 0.2) is 29.6 Å². The molecule has 0 bridgehead atoms. The first-order valence-corrected chi connectivity index (χ1v) is 11.2. The van der Waals surface area contributed by atoms with E-state index in [1.165, 1.54) is 11.3 Å². The summed E-state index contributed by atoms with van der Waals surface area (Å²) in [5, 5.41) is 5.40. The third-order valence-corrected chi connectivity index (χ3v) is 6.72. The summed E-state index contributed by atoms with van der Waals surface area (Å²) in [5.41, 5.74) is 2.87. The molecule has 30 heavy (non-hydrogen) atoms. The Morgan fingerprint density at radius 2 is 1.80 bits per heavy atom. The number of thiazole rings is 1. The molecule has 0 radical (unpaired) electrons. The first-order chi connectivity index (χ1) is 14.4. The van der Waals surface area contributed by atoms with Crippen LogP contribution in [0.25, 0.3) is 0 Å². The summed E-state index contributed by atoms with van der Waals surface area (Å²) in [6.45, 7) is 5.41. The number of hydrogen-bond donors (Lipinski definition) is 1. The van der Waals surface area contributed by atoms with Crippen LogP contribution in [-0.4, -0.2) is 47.2 Å². The molecule has 4 rings (SSSR count). The Hall–Kier alpha value is -2.74. The van der Waals surface area contributed by atoms with Gasteiger partial charge in [0.2, 0.25) is 17.7 Å². The zero-order chi connectivity index (χ0) is 21.3. The molecule has 1 aromatic carbocycles. The zero-order valence-corrected chi connectivity index (χ0v) is 18.1. The maximum absolute atomic E-state index is 13.0. The zero-order valence-electron chi connectivity index (χ0n) is 17.3. The second-order valence-corrected chi connectivity index (χ2v) is 8.98. The molecular weight excluding hydrogens is 400 g/mol. The number of benzene rings is 1. The minimum Gasteiger partial charge on any atom is -0.342 e. The van der Waals surface area contributed by atoms with E-state index in [9.17, 15) is 14.4 Å². The molecule has 3 amide bonds. The van der Waals surface area contributed by atoms with E-state index in [0.29, 0.717) is 37.6 Å². The second kappa shape index (κ2) is 8.55. The summed E-state index contributed by atoms with van der Waals surface area (Å²) in [4.78, 5) is 45.7. The highest BCUT2D eigenvalue weighted by molar-refractivity contribution is 7.13. The van der Waals surface area contributed by atoms with Crippen molar-refractivity contribution in [3.05, 3.63) is 40.9 Å². The van der Waals surface area contributed by atoms with Crippen molar-refractivity contribution in [3.63, 3.8) is 0 Å². The average molecular weight is 427 g/mol. The Morgan fingerprint density at radius 1 is 1.10 bits per heavy atom. The third-order valence-electron chi connectivity index (χ3n) is 5.85. The standard InChI is InChI=1S/C22H26N4O3S/c1-14-3-5-18(6-4-14)26-12-17(11-19(26)27)21(29)25-9-7-16(8-10-25)20(28)24-22-23-15(2)13-30-22/h3-6,13,16-17H,7-12H2,1-2H3,(H,23,24,28)/t17-/m1/s1. The lowest BCUT2D eigenvalue weighted by molar-refractivity contribution is -0.138. The summed E-state index contributed by atoms with van der Waals surface area (Å²) in [6, 6.07) is 7.80. The smallest absolute Gasteiger partial charge is 0.229 e. The molecule has 1 atom stereocenters. The van der Waals surface area contributed by atoms with Crippen LogP contribution in [-0.2, 0) is 14.4 Å². The molecule has 0 aliphatic carbocycles. The highest BCUT2D eigenvalue weighted by atomic mass is 32.1. The minimum absolute atomic E-state index is 0.00907. The van der Waals surface area contributed by atoms with Gasteiger partial charge in [-0.15, -0.1) is 11.3 Å². The van der Waals surface area contributed by atoms with Gasteiger partial charge in [-0.2, -0.15) is 0 Å². The van der Waals surface area contributed by atoms with Crippen LogP contribution in [0, 0.1) is 25.7 Å². The third kappa shape index (κ3) is 4.38. The SMILES string of the molecule is Cc1ccc(N2C[C@H](C(=O)N3CCC(C(=O)Nc4nc(C)cs4)CC3)CC2=O)cc1. The number of aromatic nitrogens is 1. The van der Waals surface area contributed by atoms with Gasteiger partial charge in [0, 0.05) is 43.0 Å². The van der Waals surface area contributed by atoms with Crippen molar-refractivity contribution in [1.29, 1.82) is 0 Å². The number of nitrogens with zero attached hydrogens (tertiary/aromatic N) is 3. The summed E-state index contributed by atoms with van der Waals surface area (Å²) < 4.78 is 0. The van der Waals surface area contributed by atoms with Crippen LogP contribution in [0.3, 0.4) is 0 Å².